The number of hydrogen-bond donors (Lipinski definition) is 1. The fraction of sp³-hybridized carbons (Fsp3) is 0.667. The Morgan fingerprint density at radius 2 is 2.21 bits per heavy atom. The Hall–Kier alpha value is -0.340. The van der Waals surface area contributed by atoms with E-state index in [4.69, 9.17) is 0 Å². The minimum absolute atomic E-state index is 0.571. The SMILES string of the molecule is CCCCCC(NC)c1sccc1C. The largest absolute Gasteiger partial charge is 0.312 e. The van der Waals surface area contributed by atoms with Crippen molar-refractivity contribution in [2.45, 2.75) is 45.6 Å². The van der Waals surface area contributed by atoms with Crippen molar-refractivity contribution < 1.29 is 0 Å². The van der Waals surface area contributed by atoms with Crippen molar-refractivity contribution in [2.24, 2.45) is 0 Å². The topological polar surface area (TPSA) is 12.0 Å². The van der Waals surface area contributed by atoms with Gasteiger partial charge < -0.3 is 5.32 Å². The van der Waals surface area contributed by atoms with E-state index in [1.165, 1.54) is 36.1 Å². The van der Waals surface area contributed by atoms with Crippen molar-refractivity contribution in [1.29, 1.82) is 0 Å². The molecule has 1 N–H and O–H groups in total. The third-order valence-corrected chi connectivity index (χ3v) is 3.80. The standard InChI is InChI=1S/C12H21NS/c1-4-5-6-7-11(13-3)12-10(2)8-9-14-12/h8-9,11,13H,4-7H2,1-3H3. The molecule has 14 heavy (non-hydrogen) atoms. The molecule has 1 aromatic heterocycles. The lowest BCUT2D eigenvalue weighted by atomic mass is 10.1. The predicted molar refractivity (Wildman–Crippen MR) is 65.0 cm³/mol. The van der Waals surface area contributed by atoms with Crippen LogP contribution < -0.4 is 5.32 Å². The van der Waals surface area contributed by atoms with E-state index in [0.717, 1.165) is 0 Å². The van der Waals surface area contributed by atoms with Gasteiger partial charge in [0.15, 0.2) is 0 Å². The van der Waals surface area contributed by atoms with E-state index in [0.29, 0.717) is 6.04 Å². The highest BCUT2D eigenvalue weighted by Gasteiger charge is 2.11. The van der Waals surface area contributed by atoms with Gasteiger partial charge in [-0.05, 0) is 37.4 Å². The molecule has 0 saturated heterocycles. The Balaban J connectivity index is 2.50. The van der Waals surface area contributed by atoms with Crippen LogP contribution in [-0.2, 0) is 0 Å². The fourth-order valence-electron chi connectivity index (χ4n) is 1.75. The fourth-order valence-corrected chi connectivity index (χ4v) is 2.82. The summed E-state index contributed by atoms with van der Waals surface area (Å²) >= 11 is 1.88. The molecule has 1 aromatic rings. The number of unbranched alkanes of at least 4 members (excludes halogenated alkanes) is 2. The van der Waals surface area contributed by atoms with E-state index in [-0.39, 0.29) is 0 Å². The van der Waals surface area contributed by atoms with Gasteiger partial charge in [-0.15, -0.1) is 11.3 Å². The molecule has 1 unspecified atom stereocenters. The summed E-state index contributed by atoms with van der Waals surface area (Å²) in [4.78, 5) is 1.52. The van der Waals surface area contributed by atoms with Gasteiger partial charge in [0.25, 0.3) is 0 Å². The lowest BCUT2D eigenvalue weighted by Gasteiger charge is -2.15. The van der Waals surface area contributed by atoms with E-state index in [2.05, 4.69) is 37.7 Å². The van der Waals surface area contributed by atoms with Crippen LogP contribution in [0, 0.1) is 6.92 Å². The van der Waals surface area contributed by atoms with Crippen LogP contribution in [0.5, 0.6) is 0 Å². The van der Waals surface area contributed by atoms with Crippen molar-refractivity contribution >= 4 is 11.3 Å². The quantitative estimate of drug-likeness (QED) is 0.704. The molecular weight excluding hydrogens is 190 g/mol. The number of hydrogen-bond acceptors (Lipinski definition) is 2. The van der Waals surface area contributed by atoms with Crippen LogP contribution in [0.3, 0.4) is 0 Å². The summed E-state index contributed by atoms with van der Waals surface area (Å²) in [6, 6.07) is 2.78. The molecule has 80 valence electrons. The van der Waals surface area contributed by atoms with Crippen LogP contribution >= 0.6 is 11.3 Å². The predicted octanol–water partition coefficient (Wildman–Crippen LogP) is 3.90. The molecule has 1 heterocycles. The van der Waals surface area contributed by atoms with Crippen molar-refractivity contribution in [3.8, 4) is 0 Å². The van der Waals surface area contributed by atoms with E-state index < -0.39 is 0 Å². The second kappa shape index (κ2) is 6.20. The minimum atomic E-state index is 0.571. The first-order valence-electron chi connectivity index (χ1n) is 5.50. The highest BCUT2D eigenvalue weighted by molar-refractivity contribution is 7.10. The van der Waals surface area contributed by atoms with Gasteiger partial charge in [-0.3, -0.25) is 0 Å². The summed E-state index contributed by atoms with van der Waals surface area (Å²) < 4.78 is 0. The molecule has 0 saturated carbocycles. The third kappa shape index (κ3) is 3.10. The molecule has 2 heteroatoms. The molecule has 1 nitrogen and oxygen atoms in total. The number of thiophene rings is 1. The molecular formula is C12H21NS. The first kappa shape index (κ1) is 11.7. The Bertz CT molecular complexity index is 255. The van der Waals surface area contributed by atoms with Crippen LogP contribution in [0.15, 0.2) is 11.4 Å². The van der Waals surface area contributed by atoms with Crippen LogP contribution in [0.25, 0.3) is 0 Å². The molecule has 1 rings (SSSR count). The van der Waals surface area contributed by atoms with Crippen molar-refractivity contribution in [3.63, 3.8) is 0 Å². The molecule has 0 aromatic carbocycles. The monoisotopic (exact) mass is 211 g/mol. The highest BCUT2D eigenvalue weighted by Crippen LogP contribution is 2.27. The minimum Gasteiger partial charge on any atom is -0.312 e. The van der Waals surface area contributed by atoms with Gasteiger partial charge in [0.05, 0.1) is 0 Å². The van der Waals surface area contributed by atoms with Gasteiger partial charge in [0.1, 0.15) is 0 Å². The summed E-state index contributed by atoms with van der Waals surface area (Å²) in [6.45, 7) is 4.46. The Morgan fingerprint density at radius 3 is 2.71 bits per heavy atom. The maximum atomic E-state index is 3.41. The third-order valence-electron chi connectivity index (χ3n) is 2.66. The summed E-state index contributed by atoms with van der Waals surface area (Å²) in [5.41, 5.74) is 1.44. The van der Waals surface area contributed by atoms with Crippen LogP contribution in [0.4, 0.5) is 0 Å². The molecule has 1 atom stereocenters. The first-order valence-corrected chi connectivity index (χ1v) is 6.38. The molecule has 0 aliphatic carbocycles. The molecule has 0 aliphatic rings. The van der Waals surface area contributed by atoms with E-state index in [1.54, 1.807) is 0 Å². The smallest absolute Gasteiger partial charge is 0.0415 e. The average Bonchev–Trinajstić information content (AvgIpc) is 2.60. The lowest BCUT2D eigenvalue weighted by molar-refractivity contribution is 0.517. The summed E-state index contributed by atoms with van der Waals surface area (Å²) in [5.74, 6) is 0. The van der Waals surface area contributed by atoms with E-state index in [1.807, 2.05) is 11.3 Å². The summed E-state index contributed by atoms with van der Waals surface area (Å²) in [5, 5.41) is 5.60. The highest BCUT2D eigenvalue weighted by atomic mass is 32.1. The zero-order valence-corrected chi connectivity index (χ0v) is 10.3. The number of rotatable bonds is 6. The number of aryl methyl sites for hydroxylation is 1. The van der Waals surface area contributed by atoms with Gasteiger partial charge in [-0.1, -0.05) is 26.2 Å². The van der Waals surface area contributed by atoms with Crippen molar-refractivity contribution in [2.75, 3.05) is 7.05 Å². The maximum Gasteiger partial charge on any atom is 0.0415 e. The van der Waals surface area contributed by atoms with Crippen molar-refractivity contribution in [1.82, 2.24) is 5.32 Å². The van der Waals surface area contributed by atoms with Crippen LogP contribution in [-0.4, -0.2) is 7.05 Å². The first-order chi connectivity index (χ1) is 6.79. The molecule has 0 spiro atoms. The lowest BCUT2D eigenvalue weighted by Crippen LogP contribution is -2.15. The van der Waals surface area contributed by atoms with Gasteiger partial charge in [0.2, 0.25) is 0 Å². The normalized spacial score (nSPS) is 13.1. The van der Waals surface area contributed by atoms with Gasteiger partial charge >= 0.3 is 0 Å². The molecule has 0 fully saturated rings. The van der Waals surface area contributed by atoms with Gasteiger partial charge in [-0.2, -0.15) is 0 Å². The Morgan fingerprint density at radius 1 is 1.43 bits per heavy atom. The number of nitrogens with one attached hydrogen (secondary N) is 1. The van der Waals surface area contributed by atoms with Crippen LogP contribution in [0.2, 0.25) is 0 Å². The molecule has 0 bridgehead atoms. The zero-order valence-electron chi connectivity index (χ0n) is 9.47. The molecule has 0 aliphatic heterocycles. The van der Waals surface area contributed by atoms with E-state index in [9.17, 15) is 0 Å². The zero-order chi connectivity index (χ0) is 10.4. The van der Waals surface area contributed by atoms with Crippen molar-refractivity contribution in [3.05, 3.63) is 21.9 Å². The van der Waals surface area contributed by atoms with Crippen LogP contribution in [0.1, 0.15) is 49.1 Å². The maximum absolute atomic E-state index is 3.41. The summed E-state index contributed by atoms with van der Waals surface area (Å²) in [7, 11) is 2.07. The second-order valence-corrected chi connectivity index (χ2v) is 4.75. The van der Waals surface area contributed by atoms with Gasteiger partial charge in [0, 0.05) is 10.9 Å². The Labute approximate surface area is 91.5 Å². The van der Waals surface area contributed by atoms with E-state index >= 15 is 0 Å². The molecule has 0 amide bonds. The summed E-state index contributed by atoms with van der Waals surface area (Å²) in [6.07, 6.45) is 5.26. The second-order valence-electron chi connectivity index (χ2n) is 3.80. The Kier molecular flexibility index (Phi) is 5.20. The molecule has 0 radical (unpaired) electrons. The van der Waals surface area contributed by atoms with Gasteiger partial charge in [-0.25, -0.2) is 0 Å². The average molecular weight is 211 g/mol.